The number of anilines is 1. The second kappa shape index (κ2) is 6.87. The molecule has 1 aromatic carbocycles. The van der Waals surface area contributed by atoms with Crippen LogP contribution in [0.3, 0.4) is 0 Å². The summed E-state index contributed by atoms with van der Waals surface area (Å²) < 4.78 is 0.807. The number of rotatable bonds is 4. The highest BCUT2D eigenvalue weighted by molar-refractivity contribution is 9.10. The van der Waals surface area contributed by atoms with Gasteiger partial charge in [-0.05, 0) is 52.0 Å². The molecule has 0 aliphatic rings. The van der Waals surface area contributed by atoms with E-state index < -0.39 is 0 Å². The van der Waals surface area contributed by atoms with Crippen LogP contribution in [0.1, 0.15) is 15.2 Å². The van der Waals surface area contributed by atoms with Crippen LogP contribution in [-0.2, 0) is 4.79 Å². The number of hydrogen-bond donors (Lipinski definition) is 1. The Hall–Kier alpha value is -1.66. The molecule has 2 amide bonds. The standard InChI is InChI=1S/C15H15BrN2O2S/c1-10-7-8-21-14(10)15(20)18(2)9-13(19)17-12-6-4-3-5-11(12)16/h3-8H,9H2,1-2H3,(H,17,19). The van der Waals surface area contributed by atoms with E-state index in [1.54, 1.807) is 13.1 Å². The minimum absolute atomic E-state index is 0.0114. The third-order valence-corrected chi connectivity index (χ3v) is 4.63. The molecule has 0 unspecified atom stereocenters. The smallest absolute Gasteiger partial charge is 0.264 e. The van der Waals surface area contributed by atoms with Gasteiger partial charge < -0.3 is 10.2 Å². The molecule has 0 fully saturated rings. The maximum atomic E-state index is 12.2. The lowest BCUT2D eigenvalue weighted by Gasteiger charge is -2.16. The average Bonchev–Trinajstić information content (AvgIpc) is 2.86. The summed E-state index contributed by atoms with van der Waals surface area (Å²) >= 11 is 4.76. The van der Waals surface area contributed by atoms with Gasteiger partial charge in [0.15, 0.2) is 0 Å². The topological polar surface area (TPSA) is 49.4 Å². The van der Waals surface area contributed by atoms with E-state index in [9.17, 15) is 9.59 Å². The fraction of sp³-hybridized carbons (Fsp3) is 0.200. The van der Waals surface area contributed by atoms with Gasteiger partial charge in [-0.15, -0.1) is 11.3 Å². The van der Waals surface area contributed by atoms with Crippen molar-refractivity contribution in [1.82, 2.24) is 4.90 Å². The molecule has 0 bridgehead atoms. The number of nitrogens with one attached hydrogen (secondary N) is 1. The zero-order valence-corrected chi connectivity index (χ0v) is 14.1. The van der Waals surface area contributed by atoms with Crippen molar-refractivity contribution >= 4 is 44.8 Å². The zero-order chi connectivity index (χ0) is 15.4. The molecule has 0 radical (unpaired) electrons. The molecule has 21 heavy (non-hydrogen) atoms. The zero-order valence-electron chi connectivity index (χ0n) is 11.7. The first-order chi connectivity index (χ1) is 9.99. The number of carbonyl (C=O) groups is 2. The molecule has 4 nitrogen and oxygen atoms in total. The Balaban J connectivity index is 1.98. The van der Waals surface area contributed by atoms with Crippen molar-refractivity contribution in [2.45, 2.75) is 6.92 Å². The van der Waals surface area contributed by atoms with Crippen molar-refractivity contribution in [3.05, 3.63) is 50.6 Å². The molecular weight excluding hydrogens is 352 g/mol. The van der Waals surface area contributed by atoms with Crippen molar-refractivity contribution in [3.63, 3.8) is 0 Å². The van der Waals surface area contributed by atoms with Gasteiger partial charge in [0.25, 0.3) is 5.91 Å². The third-order valence-electron chi connectivity index (χ3n) is 2.93. The molecular formula is C15H15BrN2O2S. The molecule has 0 aliphatic heterocycles. The minimum Gasteiger partial charge on any atom is -0.332 e. The van der Waals surface area contributed by atoms with E-state index >= 15 is 0 Å². The second-order valence-electron chi connectivity index (χ2n) is 4.62. The Bertz CT molecular complexity index is 669. The molecule has 1 aromatic heterocycles. The third kappa shape index (κ3) is 3.92. The quantitative estimate of drug-likeness (QED) is 0.899. The summed E-state index contributed by atoms with van der Waals surface area (Å²) in [5.74, 6) is -0.364. The van der Waals surface area contributed by atoms with Gasteiger partial charge in [0.1, 0.15) is 0 Å². The first-order valence-electron chi connectivity index (χ1n) is 6.33. The van der Waals surface area contributed by atoms with Gasteiger partial charge in [0.05, 0.1) is 17.1 Å². The number of hydrogen-bond acceptors (Lipinski definition) is 3. The Kier molecular flexibility index (Phi) is 5.14. The number of benzene rings is 1. The highest BCUT2D eigenvalue weighted by Gasteiger charge is 2.18. The maximum Gasteiger partial charge on any atom is 0.264 e. The predicted molar refractivity (Wildman–Crippen MR) is 88.8 cm³/mol. The van der Waals surface area contributed by atoms with Crippen molar-refractivity contribution in [2.24, 2.45) is 0 Å². The van der Waals surface area contributed by atoms with Gasteiger partial charge in [-0.3, -0.25) is 9.59 Å². The van der Waals surface area contributed by atoms with Crippen molar-refractivity contribution < 1.29 is 9.59 Å². The van der Waals surface area contributed by atoms with E-state index in [0.29, 0.717) is 10.6 Å². The molecule has 1 heterocycles. The summed E-state index contributed by atoms with van der Waals surface area (Å²) in [5, 5.41) is 4.65. The summed E-state index contributed by atoms with van der Waals surface area (Å²) in [5.41, 5.74) is 1.62. The molecule has 0 saturated heterocycles. The Morgan fingerprint density at radius 1 is 1.29 bits per heavy atom. The highest BCUT2D eigenvalue weighted by Crippen LogP contribution is 2.21. The van der Waals surface area contributed by atoms with Crippen LogP contribution in [0.25, 0.3) is 0 Å². The predicted octanol–water partition coefficient (Wildman–Crippen LogP) is 3.53. The highest BCUT2D eigenvalue weighted by atomic mass is 79.9. The number of halogens is 1. The molecule has 2 rings (SSSR count). The fourth-order valence-corrected chi connectivity index (χ4v) is 3.11. The van der Waals surface area contributed by atoms with E-state index in [-0.39, 0.29) is 18.4 Å². The van der Waals surface area contributed by atoms with Gasteiger partial charge >= 0.3 is 0 Å². The van der Waals surface area contributed by atoms with Crippen molar-refractivity contribution in [3.8, 4) is 0 Å². The monoisotopic (exact) mass is 366 g/mol. The molecule has 0 atom stereocenters. The second-order valence-corrected chi connectivity index (χ2v) is 6.39. The fourth-order valence-electron chi connectivity index (χ4n) is 1.80. The number of likely N-dealkylation sites (N-methyl/N-ethyl adjacent to an activating group) is 1. The van der Waals surface area contributed by atoms with E-state index in [2.05, 4.69) is 21.2 Å². The van der Waals surface area contributed by atoms with E-state index in [1.165, 1.54) is 16.2 Å². The van der Waals surface area contributed by atoms with Gasteiger partial charge in [-0.1, -0.05) is 12.1 Å². The lowest BCUT2D eigenvalue weighted by Crippen LogP contribution is -2.34. The van der Waals surface area contributed by atoms with Crippen LogP contribution in [0.15, 0.2) is 40.2 Å². The summed E-state index contributed by atoms with van der Waals surface area (Å²) in [4.78, 5) is 26.3. The maximum absolute atomic E-state index is 12.2. The first kappa shape index (κ1) is 15.7. The van der Waals surface area contributed by atoms with Crippen molar-refractivity contribution in [2.75, 3.05) is 18.9 Å². The summed E-state index contributed by atoms with van der Waals surface area (Å²) in [6, 6.07) is 9.25. The summed E-state index contributed by atoms with van der Waals surface area (Å²) in [7, 11) is 1.63. The molecule has 2 aromatic rings. The lowest BCUT2D eigenvalue weighted by atomic mass is 10.2. The largest absolute Gasteiger partial charge is 0.332 e. The van der Waals surface area contributed by atoms with Crippen LogP contribution in [0.4, 0.5) is 5.69 Å². The van der Waals surface area contributed by atoms with Gasteiger partial charge in [-0.25, -0.2) is 0 Å². The number of carbonyl (C=O) groups excluding carboxylic acids is 2. The Morgan fingerprint density at radius 2 is 2.00 bits per heavy atom. The molecule has 0 saturated carbocycles. The van der Waals surface area contributed by atoms with E-state index in [4.69, 9.17) is 0 Å². The normalized spacial score (nSPS) is 10.2. The van der Waals surface area contributed by atoms with Crippen LogP contribution in [0, 0.1) is 6.92 Å². The van der Waals surface area contributed by atoms with Crippen LogP contribution in [-0.4, -0.2) is 30.3 Å². The molecule has 0 aliphatic carbocycles. The number of aryl methyl sites for hydroxylation is 1. The first-order valence-corrected chi connectivity index (χ1v) is 8.00. The molecule has 110 valence electrons. The van der Waals surface area contributed by atoms with E-state index in [0.717, 1.165) is 10.0 Å². The van der Waals surface area contributed by atoms with Gasteiger partial charge in [0, 0.05) is 11.5 Å². The number of para-hydroxylation sites is 1. The molecule has 0 spiro atoms. The van der Waals surface area contributed by atoms with Gasteiger partial charge in [0.2, 0.25) is 5.91 Å². The Morgan fingerprint density at radius 3 is 2.62 bits per heavy atom. The van der Waals surface area contributed by atoms with Crippen LogP contribution in [0.5, 0.6) is 0 Å². The Labute approximate surface area is 135 Å². The van der Waals surface area contributed by atoms with Crippen LogP contribution in [0.2, 0.25) is 0 Å². The molecule has 1 N–H and O–H groups in total. The van der Waals surface area contributed by atoms with Gasteiger partial charge in [-0.2, -0.15) is 0 Å². The number of nitrogens with zero attached hydrogens (tertiary/aromatic N) is 1. The lowest BCUT2D eigenvalue weighted by molar-refractivity contribution is -0.116. The van der Waals surface area contributed by atoms with Crippen LogP contribution < -0.4 is 5.32 Å². The summed E-state index contributed by atoms with van der Waals surface area (Å²) in [6.07, 6.45) is 0. The SMILES string of the molecule is Cc1ccsc1C(=O)N(C)CC(=O)Nc1ccccc1Br. The minimum atomic E-state index is -0.230. The number of thiophene rings is 1. The number of amides is 2. The van der Waals surface area contributed by atoms with Crippen LogP contribution >= 0.6 is 27.3 Å². The average molecular weight is 367 g/mol. The molecule has 6 heteroatoms. The van der Waals surface area contributed by atoms with Crippen molar-refractivity contribution in [1.29, 1.82) is 0 Å². The summed E-state index contributed by atoms with van der Waals surface area (Å²) in [6.45, 7) is 1.90. The van der Waals surface area contributed by atoms with E-state index in [1.807, 2.05) is 36.6 Å².